The minimum atomic E-state index is 0.000937. The number of fused-ring (bicyclic) bond motifs is 1. The molecule has 0 unspecified atom stereocenters. The van der Waals surface area contributed by atoms with Gasteiger partial charge in [-0.3, -0.25) is 4.79 Å². The molecule has 0 spiro atoms. The van der Waals surface area contributed by atoms with Crippen LogP contribution in [0.2, 0.25) is 0 Å². The lowest BCUT2D eigenvalue weighted by Crippen LogP contribution is -2.51. The van der Waals surface area contributed by atoms with E-state index in [1.807, 2.05) is 6.07 Å². The highest BCUT2D eigenvalue weighted by Crippen LogP contribution is 2.27. The molecular weight excluding hydrogens is 314 g/mol. The van der Waals surface area contributed by atoms with Crippen molar-refractivity contribution in [2.45, 2.75) is 46.6 Å². The van der Waals surface area contributed by atoms with E-state index in [1.54, 1.807) is 18.6 Å². The summed E-state index contributed by atoms with van der Waals surface area (Å²) in [6.45, 7) is 10.2. The fourth-order valence-electron chi connectivity index (χ4n) is 3.53. The van der Waals surface area contributed by atoms with Gasteiger partial charge in [-0.05, 0) is 23.8 Å². The molecule has 1 fully saturated rings. The lowest BCUT2D eigenvalue weighted by atomic mass is 9.91. The van der Waals surface area contributed by atoms with E-state index < -0.39 is 0 Å². The SMILES string of the molecule is C[C@H]1C[C@@H](NC(=O)CC(C)(C)C)CN(c2ccnc3nccnc23)C1. The van der Waals surface area contributed by atoms with Crippen molar-refractivity contribution in [3.05, 3.63) is 24.7 Å². The van der Waals surface area contributed by atoms with E-state index in [2.05, 4.69) is 52.9 Å². The summed E-state index contributed by atoms with van der Waals surface area (Å²) < 4.78 is 0. The maximum atomic E-state index is 12.3. The van der Waals surface area contributed by atoms with E-state index in [4.69, 9.17) is 0 Å². The Hall–Kier alpha value is -2.24. The van der Waals surface area contributed by atoms with E-state index in [0.29, 0.717) is 18.0 Å². The minimum absolute atomic E-state index is 0.000937. The topological polar surface area (TPSA) is 71.0 Å². The first-order valence-electron chi connectivity index (χ1n) is 8.92. The smallest absolute Gasteiger partial charge is 0.220 e. The molecule has 6 heteroatoms. The lowest BCUT2D eigenvalue weighted by molar-refractivity contribution is -0.123. The number of amides is 1. The van der Waals surface area contributed by atoms with Crippen molar-refractivity contribution < 1.29 is 4.79 Å². The van der Waals surface area contributed by atoms with Gasteiger partial charge in [0.1, 0.15) is 5.52 Å². The van der Waals surface area contributed by atoms with E-state index in [-0.39, 0.29) is 17.4 Å². The largest absolute Gasteiger partial charge is 0.367 e. The lowest BCUT2D eigenvalue weighted by Gasteiger charge is -2.38. The second-order valence-corrected chi connectivity index (χ2v) is 8.31. The van der Waals surface area contributed by atoms with Crippen molar-refractivity contribution in [3.63, 3.8) is 0 Å². The van der Waals surface area contributed by atoms with Crippen LogP contribution in [0.3, 0.4) is 0 Å². The zero-order valence-corrected chi connectivity index (χ0v) is 15.5. The van der Waals surface area contributed by atoms with E-state index in [1.165, 1.54) is 0 Å². The highest BCUT2D eigenvalue weighted by molar-refractivity contribution is 5.85. The summed E-state index contributed by atoms with van der Waals surface area (Å²) in [5.74, 6) is 0.625. The molecule has 3 heterocycles. The number of hydrogen-bond donors (Lipinski definition) is 1. The number of anilines is 1. The van der Waals surface area contributed by atoms with Gasteiger partial charge in [0.15, 0.2) is 5.65 Å². The van der Waals surface area contributed by atoms with Gasteiger partial charge in [-0.2, -0.15) is 0 Å². The molecule has 2 aromatic rings. The molecule has 2 aromatic heterocycles. The van der Waals surface area contributed by atoms with Crippen molar-refractivity contribution in [1.82, 2.24) is 20.3 Å². The Balaban J connectivity index is 1.77. The molecule has 0 radical (unpaired) electrons. The van der Waals surface area contributed by atoms with Gasteiger partial charge < -0.3 is 10.2 Å². The Morgan fingerprint density at radius 3 is 2.68 bits per heavy atom. The fourth-order valence-corrected chi connectivity index (χ4v) is 3.53. The van der Waals surface area contributed by atoms with Gasteiger partial charge in [-0.15, -0.1) is 0 Å². The summed E-state index contributed by atoms with van der Waals surface area (Å²) in [4.78, 5) is 27.7. The van der Waals surface area contributed by atoms with Gasteiger partial charge in [0.25, 0.3) is 0 Å². The highest BCUT2D eigenvalue weighted by Gasteiger charge is 2.28. The molecule has 0 bridgehead atoms. The number of rotatable bonds is 3. The molecule has 1 aliphatic rings. The Morgan fingerprint density at radius 1 is 1.20 bits per heavy atom. The van der Waals surface area contributed by atoms with Gasteiger partial charge in [0, 0.05) is 44.1 Å². The van der Waals surface area contributed by atoms with Gasteiger partial charge in [-0.25, -0.2) is 15.0 Å². The van der Waals surface area contributed by atoms with Crippen LogP contribution in [-0.2, 0) is 4.79 Å². The third kappa shape index (κ3) is 4.44. The average Bonchev–Trinajstić information content (AvgIpc) is 2.51. The number of nitrogens with zero attached hydrogens (tertiary/aromatic N) is 4. The van der Waals surface area contributed by atoms with Crippen LogP contribution in [0.1, 0.15) is 40.5 Å². The molecule has 1 saturated heterocycles. The molecule has 0 saturated carbocycles. The second kappa shape index (κ2) is 6.94. The van der Waals surface area contributed by atoms with Crippen molar-refractivity contribution in [1.29, 1.82) is 0 Å². The average molecular weight is 341 g/mol. The Kier molecular flexibility index (Phi) is 4.88. The molecule has 0 aliphatic carbocycles. The first-order chi connectivity index (χ1) is 11.8. The number of pyridine rings is 1. The summed E-state index contributed by atoms with van der Waals surface area (Å²) >= 11 is 0. The highest BCUT2D eigenvalue weighted by atomic mass is 16.1. The minimum Gasteiger partial charge on any atom is -0.367 e. The predicted octanol–water partition coefficient (Wildman–Crippen LogP) is 2.79. The van der Waals surface area contributed by atoms with E-state index in [0.717, 1.165) is 30.7 Å². The number of piperidine rings is 1. The third-order valence-electron chi connectivity index (χ3n) is 4.41. The Morgan fingerprint density at radius 2 is 1.92 bits per heavy atom. The molecule has 6 nitrogen and oxygen atoms in total. The van der Waals surface area contributed by atoms with Crippen LogP contribution in [0.25, 0.3) is 11.2 Å². The summed E-state index contributed by atoms with van der Waals surface area (Å²) in [6.07, 6.45) is 6.68. The van der Waals surface area contributed by atoms with E-state index in [9.17, 15) is 4.79 Å². The number of hydrogen-bond acceptors (Lipinski definition) is 5. The summed E-state index contributed by atoms with van der Waals surface area (Å²) in [7, 11) is 0. The third-order valence-corrected chi connectivity index (χ3v) is 4.41. The molecule has 1 amide bonds. The van der Waals surface area contributed by atoms with Crippen LogP contribution in [0.15, 0.2) is 24.7 Å². The van der Waals surface area contributed by atoms with Crippen molar-refractivity contribution >= 4 is 22.8 Å². The van der Waals surface area contributed by atoms with Crippen molar-refractivity contribution in [2.24, 2.45) is 11.3 Å². The monoisotopic (exact) mass is 341 g/mol. The fraction of sp³-hybridized carbons (Fsp3) is 0.579. The zero-order valence-electron chi connectivity index (χ0n) is 15.5. The number of aromatic nitrogens is 3. The Bertz CT molecular complexity index is 750. The predicted molar refractivity (Wildman–Crippen MR) is 99.3 cm³/mol. The van der Waals surface area contributed by atoms with Crippen LogP contribution >= 0.6 is 0 Å². The quantitative estimate of drug-likeness (QED) is 0.929. The molecule has 25 heavy (non-hydrogen) atoms. The molecule has 3 rings (SSSR count). The van der Waals surface area contributed by atoms with Crippen LogP contribution in [0.5, 0.6) is 0 Å². The molecule has 2 atom stereocenters. The van der Waals surface area contributed by atoms with Crippen LogP contribution in [0.4, 0.5) is 5.69 Å². The molecular formula is C19H27N5O. The number of nitrogens with one attached hydrogen (secondary N) is 1. The molecule has 1 N–H and O–H groups in total. The number of carbonyl (C=O) groups is 1. The maximum Gasteiger partial charge on any atom is 0.220 e. The van der Waals surface area contributed by atoms with Crippen LogP contribution in [-0.4, -0.2) is 40.0 Å². The van der Waals surface area contributed by atoms with Gasteiger partial charge in [-0.1, -0.05) is 27.7 Å². The van der Waals surface area contributed by atoms with Gasteiger partial charge in [0.05, 0.1) is 5.69 Å². The Labute approximate surface area is 149 Å². The second-order valence-electron chi connectivity index (χ2n) is 8.31. The molecule has 1 aliphatic heterocycles. The van der Waals surface area contributed by atoms with Crippen molar-refractivity contribution in [3.8, 4) is 0 Å². The summed E-state index contributed by atoms with van der Waals surface area (Å²) in [5, 5.41) is 3.22. The van der Waals surface area contributed by atoms with Gasteiger partial charge >= 0.3 is 0 Å². The summed E-state index contributed by atoms with van der Waals surface area (Å²) in [5.41, 5.74) is 2.52. The summed E-state index contributed by atoms with van der Waals surface area (Å²) in [6, 6.07) is 2.14. The molecule has 0 aromatic carbocycles. The standard InChI is InChI=1S/C19H27N5O/c1-13-9-14(23-16(25)10-19(2,3)4)12-24(11-13)15-5-6-21-18-17(15)20-7-8-22-18/h5-8,13-14H,9-12H2,1-4H3,(H,23,25)/t13-,14+/m0/s1. The molecule has 134 valence electrons. The first kappa shape index (κ1) is 17.6. The first-order valence-corrected chi connectivity index (χ1v) is 8.92. The van der Waals surface area contributed by atoms with Gasteiger partial charge in [0.2, 0.25) is 5.91 Å². The van der Waals surface area contributed by atoms with Crippen LogP contribution in [0, 0.1) is 11.3 Å². The van der Waals surface area contributed by atoms with E-state index >= 15 is 0 Å². The van der Waals surface area contributed by atoms with Crippen LogP contribution < -0.4 is 10.2 Å². The zero-order chi connectivity index (χ0) is 18.0. The number of carbonyl (C=O) groups excluding carboxylic acids is 1. The normalized spacial score (nSPS) is 21.4. The van der Waals surface area contributed by atoms with Crippen molar-refractivity contribution in [2.75, 3.05) is 18.0 Å². The maximum absolute atomic E-state index is 12.3.